The number of rotatable bonds is 43. The minimum Gasteiger partial charge on any atom is -0.481 e. The van der Waals surface area contributed by atoms with Crippen LogP contribution < -0.4 is 0 Å². The summed E-state index contributed by atoms with van der Waals surface area (Å²) >= 11 is 0. The molecule has 0 fully saturated rings. The molecule has 0 aliphatic heterocycles. The van der Waals surface area contributed by atoms with Crippen LogP contribution in [0.1, 0.15) is 272 Å². The van der Waals surface area contributed by atoms with E-state index in [0.29, 0.717) is 12.3 Å². The fourth-order valence-corrected chi connectivity index (χ4v) is 7.84. The van der Waals surface area contributed by atoms with E-state index >= 15 is 0 Å². The van der Waals surface area contributed by atoms with Gasteiger partial charge in [0.15, 0.2) is 0 Å². The molecule has 0 rings (SSSR count). The Labute approximate surface area is 340 Å². The van der Waals surface area contributed by atoms with Crippen molar-refractivity contribution in [2.24, 2.45) is 5.92 Å². The van der Waals surface area contributed by atoms with E-state index < -0.39 is 5.97 Å². The molecule has 318 valence electrons. The predicted octanol–water partition coefficient (Wildman–Crippen LogP) is 17.8. The standard InChI is InChI=1S/C51H97NO2/c1-6-11-14-17-18-19-20-21-22-23-24-25-26-29-32-37-42-50(43-38-33-30-27-28-31-34-39-44-51(53)54)47-52(45-48(9-4)40-35-15-12-7-2)46-49(10-5)41-36-16-13-8-3/h37,42,45-46,50H,6-36,38-41,43-44,47H2,1-5H3,(H,53,54)/b42-37-,48-45-,49-46+. The molecule has 0 aromatic heterocycles. The Hall–Kier alpha value is -1.51. The van der Waals surface area contributed by atoms with E-state index in [9.17, 15) is 4.79 Å². The highest BCUT2D eigenvalue weighted by Crippen LogP contribution is 2.23. The molecule has 0 aromatic carbocycles. The number of nitrogens with zero attached hydrogens (tertiary/aromatic N) is 1. The Bertz CT molecular complexity index is 843. The summed E-state index contributed by atoms with van der Waals surface area (Å²) in [5.74, 6) is -0.0601. The number of carboxylic acid groups (broad SMARTS) is 1. The maximum Gasteiger partial charge on any atom is 0.303 e. The van der Waals surface area contributed by atoms with Gasteiger partial charge < -0.3 is 10.0 Å². The Morgan fingerprint density at radius 3 is 1.22 bits per heavy atom. The van der Waals surface area contributed by atoms with Crippen LogP contribution in [0.15, 0.2) is 35.7 Å². The molecule has 54 heavy (non-hydrogen) atoms. The molecule has 0 bridgehead atoms. The number of carbonyl (C=O) groups is 1. The first-order valence-corrected chi connectivity index (χ1v) is 24.5. The van der Waals surface area contributed by atoms with Gasteiger partial charge >= 0.3 is 5.97 Å². The van der Waals surface area contributed by atoms with Crippen molar-refractivity contribution < 1.29 is 9.90 Å². The van der Waals surface area contributed by atoms with E-state index in [1.807, 2.05) is 0 Å². The Morgan fingerprint density at radius 2 is 0.815 bits per heavy atom. The zero-order chi connectivity index (χ0) is 39.6. The Balaban J connectivity index is 5.21. The molecular weight excluding hydrogens is 659 g/mol. The molecule has 3 heteroatoms. The molecule has 0 amide bonds. The average Bonchev–Trinajstić information content (AvgIpc) is 3.17. The van der Waals surface area contributed by atoms with Gasteiger partial charge in [-0.15, -0.1) is 0 Å². The number of carboxylic acids is 1. The first-order valence-electron chi connectivity index (χ1n) is 24.5. The van der Waals surface area contributed by atoms with Crippen molar-refractivity contribution in [3.8, 4) is 0 Å². The zero-order valence-electron chi connectivity index (χ0n) is 37.6. The van der Waals surface area contributed by atoms with Crippen molar-refractivity contribution in [1.82, 2.24) is 4.90 Å². The third kappa shape index (κ3) is 37.4. The first-order chi connectivity index (χ1) is 26.5. The van der Waals surface area contributed by atoms with Gasteiger partial charge in [-0.3, -0.25) is 4.79 Å². The van der Waals surface area contributed by atoms with E-state index in [2.05, 4.69) is 64.1 Å². The van der Waals surface area contributed by atoms with Crippen LogP contribution in [0, 0.1) is 5.92 Å². The van der Waals surface area contributed by atoms with Crippen molar-refractivity contribution in [3.05, 3.63) is 35.7 Å². The highest BCUT2D eigenvalue weighted by Gasteiger charge is 2.11. The maximum atomic E-state index is 10.8. The summed E-state index contributed by atoms with van der Waals surface area (Å²) in [6.07, 6.45) is 58.1. The van der Waals surface area contributed by atoms with Crippen LogP contribution in [0.3, 0.4) is 0 Å². The molecule has 0 heterocycles. The lowest BCUT2D eigenvalue weighted by Gasteiger charge is -2.25. The van der Waals surface area contributed by atoms with Gasteiger partial charge in [0.25, 0.3) is 0 Å². The van der Waals surface area contributed by atoms with Crippen molar-refractivity contribution in [2.45, 2.75) is 272 Å². The fourth-order valence-electron chi connectivity index (χ4n) is 7.84. The molecule has 1 unspecified atom stereocenters. The molecule has 0 spiro atoms. The van der Waals surface area contributed by atoms with Crippen LogP contribution in [0.5, 0.6) is 0 Å². The van der Waals surface area contributed by atoms with E-state index in [4.69, 9.17) is 5.11 Å². The van der Waals surface area contributed by atoms with Crippen LogP contribution >= 0.6 is 0 Å². The van der Waals surface area contributed by atoms with Gasteiger partial charge in [0, 0.05) is 25.4 Å². The van der Waals surface area contributed by atoms with Crippen LogP contribution in [-0.4, -0.2) is 22.5 Å². The van der Waals surface area contributed by atoms with Gasteiger partial charge in [-0.2, -0.15) is 0 Å². The van der Waals surface area contributed by atoms with Gasteiger partial charge in [0.1, 0.15) is 0 Å². The second-order valence-electron chi connectivity index (χ2n) is 16.9. The molecule has 0 aliphatic rings. The molecule has 0 saturated heterocycles. The second-order valence-corrected chi connectivity index (χ2v) is 16.9. The Morgan fingerprint density at radius 1 is 0.463 bits per heavy atom. The smallest absolute Gasteiger partial charge is 0.303 e. The minimum absolute atomic E-state index is 0.326. The molecule has 1 atom stereocenters. The van der Waals surface area contributed by atoms with Crippen LogP contribution in [-0.2, 0) is 4.79 Å². The van der Waals surface area contributed by atoms with Gasteiger partial charge in [-0.1, -0.05) is 225 Å². The first kappa shape index (κ1) is 52.5. The third-order valence-electron chi connectivity index (χ3n) is 11.6. The normalized spacial score (nSPS) is 13.0. The summed E-state index contributed by atoms with van der Waals surface area (Å²) < 4.78 is 0. The highest BCUT2D eigenvalue weighted by atomic mass is 16.4. The molecular formula is C51H97NO2. The molecule has 0 aromatic rings. The molecule has 1 N–H and O–H groups in total. The molecule has 0 radical (unpaired) electrons. The zero-order valence-corrected chi connectivity index (χ0v) is 37.6. The number of aliphatic carboxylic acids is 1. The van der Waals surface area contributed by atoms with Crippen LogP contribution in [0.25, 0.3) is 0 Å². The number of hydrogen-bond acceptors (Lipinski definition) is 2. The summed E-state index contributed by atoms with van der Waals surface area (Å²) in [5.41, 5.74) is 3.24. The average molecular weight is 756 g/mol. The highest BCUT2D eigenvalue weighted by molar-refractivity contribution is 5.66. The van der Waals surface area contributed by atoms with Crippen molar-refractivity contribution in [3.63, 3.8) is 0 Å². The van der Waals surface area contributed by atoms with E-state index in [1.165, 1.54) is 205 Å². The minimum atomic E-state index is -0.654. The molecule has 0 aliphatic carbocycles. The second kappa shape index (κ2) is 42.6. The number of unbranched alkanes of at least 4 members (excludes halogenated alkanes) is 27. The Kier molecular flexibility index (Phi) is 41.4. The van der Waals surface area contributed by atoms with Crippen molar-refractivity contribution in [1.29, 1.82) is 0 Å². The summed E-state index contributed by atoms with van der Waals surface area (Å²) in [6.45, 7) is 12.8. The third-order valence-corrected chi connectivity index (χ3v) is 11.6. The predicted molar refractivity (Wildman–Crippen MR) is 242 cm³/mol. The quantitative estimate of drug-likeness (QED) is 0.0498. The summed E-state index contributed by atoms with van der Waals surface area (Å²) in [6, 6.07) is 0. The maximum absolute atomic E-state index is 10.8. The number of allylic oxidation sites excluding steroid dienone is 3. The lowest BCUT2D eigenvalue weighted by atomic mass is 9.97. The molecule has 3 nitrogen and oxygen atoms in total. The SMILES string of the molecule is CCCCCCCCCCCCCCCC/C=C\C(CCCCCCCCCCC(=O)O)CN(/C=C(/CC)CCCCCC)/C=C(\CC)CCCCCC. The van der Waals surface area contributed by atoms with Gasteiger partial charge in [-0.25, -0.2) is 0 Å². The van der Waals surface area contributed by atoms with E-state index in [1.54, 1.807) is 11.1 Å². The number of hydrogen-bond donors (Lipinski definition) is 1. The van der Waals surface area contributed by atoms with Crippen LogP contribution in [0.2, 0.25) is 0 Å². The monoisotopic (exact) mass is 756 g/mol. The van der Waals surface area contributed by atoms with Gasteiger partial charge in [-0.05, 0) is 70.1 Å². The van der Waals surface area contributed by atoms with Gasteiger partial charge in [0.05, 0.1) is 0 Å². The fraction of sp³-hybridized carbons (Fsp3) is 0.863. The lowest BCUT2D eigenvalue weighted by Crippen LogP contribution is -2.20. The largest absolute Gasteiger partial charge is 0.481 e. The topological polar surface area (TPSA) is 40.5 Å². The summed E-state index contributed by atoms with van der Waals surface area (Å²) in [5, 5.41) is 8.88. The summed E-state index contributed by atoms with van der Waals surface area (Å²) in [7, 11) is 0. The van der Waals surface area contributed by atoms with Crippen molar-refractivity contribution in [2.75, 3.05) is 6.54 Å². The van der Waals surface area contributed by atoms with E-state index in [0.717, 1.165) is 32.2 Å². The molecule has 0 saturated carbocycles. The summed E-state index contributed by atoms with van der Waals surface area (Å²) in [4.78, 5) is 13.4. The van der Waals surface area contributed by atoms with Gasteiger partial charge in [0.2, 0.25) is 0 Å². The van der Waals surface area contributed by atoms with Crippen molar-refractivity contribution >= 4 is 5.97 Å². The van der Waals surface area contributed by atoms with E-state index in [-0.39, 0.29) is 0 Å². The van der Waals surface area contributed by atoms with Crippen LogP contribution in [0.4, 0.5) is 0 Å². The lowest BCUT2D eigenvalue weighted by molar-refractivity contribution is -0.137.